The lowest BCUT2D eigenvalue weighted by Gasteiger charge is -2.40. The van der Waals surface area contributed by atoms with Crippen molar-refractivity contribution in [2.24, 2.45) is 0 Å². The summed E-state index contributed by atoms with van der Waals surface area (Å²) in [4.78, 5) is 26.8. The van der Waals surface area contributed by atoms with Crippen LogP contribution in [0.25, 0.3) is 0 Å². The number of carboxylic acids is 1. The summed E-state index contributed by atoms with van der Waals surface area (Å²) in [6.45, 7) is 6.27. The molecule has 19 heavy (non-hydrogen) atoms. The maximum absolute atomic E-state index is 12.5. The second kappa shape index (κ2) is 5.36. The largest absolute Gasteiger partial charge is 0.481 e. The van der Waals surface area contributed by atoms with Gasteiger partial charge in [-0.1, -0.05) is 0 Å². The molecule has 2 amide bonds. The molecule has 2 saturated heterocycles. The molecule has 0 aromatic heterocycles. The van der Waals surface area contributed by atoms with Crippen LogP contribution in [0.15, 0.2) is 0 Å². The number of amides is 2. The quantitative estimate of drug-likeness (QED) is 0.817. The fourth-order valence-corrected chi connectivity index (χ4v) is 2.86. The van der Waals surface area contributed by atoms with Crippen LogP contribution in [0.5, 0.6) is 0 Å². The standard InChI is InChI=1S/C13H22N2O4/c1-13(2)9-14(6-7-19-13)12(18)15-5-3-4-10(15)8-11(16)17/h10H,3-9H2,1-2H3,(H,16,17). The Morgan fingerprint density at radius 3 is 2.74 bits per heavy atom. The molecule has 6 heteroatoms. The van der Waals surface area contributed by atoms with Gasteiger partial charge in [-0.05, 0) is 26.7 Å². The fraction of sp³-hybridized carbons (Fsp3) is 0.846. The molecule has 0 bridgehead atoms. The highest BCUT2D eigenvalue weighted by molar-refractivity contribution is 5.76. The van der Waals surface area contributed by atoms with Gasteiger partial charge < -0.3 is 19.6 Å². The first-order chi connectivity index (χ1) is 8.89. The number of rotatable bonds is 2. The number of carbonyl (C=O) groups is 2. The van der Waals surface area contributed by atoms with E-state index in [1.165, 1.54) is 0 Å². The van der Waals surface area contributed by atoms with E-state index in [1.54, 1.807) is 9.80 Å². The van der Waals surface area contributed by atoms with Crippen LogP contribution in [-0.2, 0) is 9.53 Å². The van der Waals surface area contributed by atoms with Gasteiger partial charge in [0.2, 0.25) is 0 Å². The van der Waals surface area contributed by atoms with Crippen LogP contribution in [0.3, 0.4) is 0 Å². The van der Waals surface area contributed by atoms with Crippen LogP contribution in [0.4, 0.5) is 4.79 Å². The summed E-state index contributed by atoms with van der Waals surface area (Å²) in [5, 5.41) is 8.90. The van der Waals surface area contributed by atoms with Gasteiger partial charge in [0, 0.05) is 19.1 Å². The molecular weight excluding hydrogens is 248 g/mol. The van der Waals surface area contributed by atoms with Crippen LogP contribution in [-0.4, -0.2) is 64.8 Å². The topological polar surface area (TPSA) is 70.1 Å². The second-order valence-corrected chi connectivity index (χ2v) is 5.90. The third-order valence-corrected chi connectivity index (χ3v) is 3.73. The molecule has 108 valence electrons. The van der Waals surface area contributed by atoms with Crippen molar-refractivity contribution in [1.82, 2.24) is 9.80 Å². The molecule has 2 fully saturated rings. The van der Waals surface area contributed by atoms with Gasteiger partial charge in [0.15, 0.2) is 0 Å². The van der Waals surface area contributed by atoms with Crippen LogP contribution in [0, 0.1) is 0 Å². The molecule has 2 aliphatic heterocycles. The van der Waals surface area contributed by atoms with E-state index in [9.17, 15) is 9.59 Å². The van der Waals surface area contributed by atoms with E-state index in [4.69, 9.17) is 9.84 Å². The van der Waals surface area contributed by atoms with E-state index in [0.29, 0.717) is 26.2 Å². The first-order valence-electron chi connectivity index (χ1n) is 6.80. The second-order valence-electron chi connectivity index (χ2n) is 5.90. The van der Waals surface area contributed by atoms with E-state index in [1.807, 2.05) is 13.8 Å². The van der Waals surface area contributed by atoms with Gasteiger partial charge in [0.05, 0.1) is 25.2 Å². The minimum atomic E-state index is -0.841. The van der Waals surface area contributed by atoms with Crippen molar-refractivity contribution in [3.8, 4) is 0 Å². The highest BCUT2D eigenvalue weighted by atomic mass is 16.5. The molecular formula is C13H22N2O4. The monoisotopic (exact) mass is 270 g/mol. The maximum Gasteiger partial charge on any atom is 0.320 e. The van der Waals surface area contributed by atoms with Crippen LogP contribution < -0.4 is 0 Å². The molecule has 1 N–H and O–H groups in total. The van der Waals surface area contributed by atoms with E-state index < -0.39 is 5.97 Å². The molecule has 0 saturated carbocycles. The normalized spacial score (nSPS) is 26.5. The van der Waals surface area contributed by atoms with Crippen LogP contribution in [0.1, 0.15) is 33.1 Å². The van der Waals surface area contributed by atoms with Gasteiger partial charge in [0.1, 0.15) is 0 Å². The smallest absolute Gasteiger partial charge is 0.320 e. The molecule has 2 heterocycles. The average molecular weight is 270 g/mol. The molecule has 2 aliphatic rings. The Morgan fingerprint density at radius 1 is 1.37 bits per heavy atom. The lowest BCUT2D eigenvalue weighted by molar-refractivity contribution is -0.138. The van der Waals surface area contributed by atoms with Gasteiger partial charge >= 0.3 is 12.0 Å². The van der Waals surface area contributed by atoms with E-state index in [2.05, 4.69) is 0 Å². The molecule has 6 nitrogen and oxygen atoms in total. The summed E-state index contributed by atoms with van der Waals surface area (Å²) in [5.74, 6) is -0.841. The number of aliphatic carboxylic acids is 1. The Morgan fingerprint density at radius 2 is 2.11 bits per heavy atom. The highest BCUT2D eigenvalue weighted by Crippen LogP contribution is 2.24. The number of carbonyl (C=O) groups excluding carboxylic acids is 1. The average Bonchev–Trinajstić information content (AvgIpc) is 2.74. The molecule has 2 rings (SSSR count). The predicted octanol–water partition coefficient (Wildman–Crippen LogP) is 1.16. The molecule has 1 atom stereocenters. The first kappa shape index (κ1) is 14.1. The molecule has 0 aliphatic carbocycles. The Bertz CT molecular complexity index is 370. The fourth-order valence-electron chi connectivity index (χ4n) is 2.86. The number of hydrogen-bond donors (Lipinski definition) is 1. The predicted molar refractivity (Wildman–Crippen MR) is 69.0 cm³/mol. The number of morpholine rings is 1. The SMILES string of the molecule is CC1(C)CN(C(=O)N2CCCC2CC(=O)O)CCO1. The van der Waals surface area contributed by atoms with Crippen molar-refractivity contribution < 1.29 is 19.4 Å². The third-order valence-electron chi connectivity index (χ3n) is 3.73. The lowest BCUT2D eigenvalue weighted by atomic mass is 10.1. The Hall–Kier alpha value is -1.30. The zero-order valence-corrected chi connectivity index (χ0v) is 11.6. The summed E-state index contributed by atoms with van der Waals surface area (Å²) in [6.07, 6.45) is 1.71. The Labute approximate surface area is 113 Å². The zero-order chi connectivity index (χ0) is 14.0. The van der Waals surface area contributed by atoms with Crippen molar-refractivity contribution in [3.63, 3.8) is 0 Å². The van der Waals surface area contributed by atoms with E-state index in [-0.39, 0.29) is 24.1 Å². The molecule has 1 unspecified atom stereocenters. The van der Waals surface area contributed by atoms with Crippen molar-refractivity contribution in [1.29, 1.82) is 0 Å². The first-order valence-corrected chi connectivity index (χ1v) is 6.80. The number of ether oxygens (including phenoxy) is 1. The maximum atomic E-state index is 12.5. The van der Waals surface area contributed by atoms with E-state index >= 15 is 0 Å². The van der Waals surface area contributed by atoms with Gasteiger partial charge in [0.25, 0.3) is 0 Å². The summed E-state index contributed by atoms with van der Waals surface area (Å²) in [5.41, 5.74) is -0.323. The number of likely N-dealkylation sites (tertiary alicyclic amines) is 1. The van der Waals surface area contributed by atoms with Gasteiger partial charge in [-0.2, -0.15) is 0 Å². The van der Waals surface area contributed by atoms with Crippen molar-refractivity contribution in [3.05, 3.63) is 0 Å². The molecule has 0 spiro atoms. The van der Waals surface area contributed by atoms with Crippen molar-refractivity contribution in [2.45, 2.75) is 44.8 Å². The number of carboxylic acid groups (broad SMARTS) is 1. The lowest BCUT2D eigenvalue weighted by Crippen LogP contribution is -2.55. The molecule has 0 aromatic rings. The highest BCUT2D eigenvalue weighted by Gasteiger charge is 2.36. The van der Waals surface area contributed by atoms with Gasteiger partial charge in [-0.3, -0.25) is 4.79 Å². The summed E-state index contributed by atoms with van der Waals surface area (Å²) in [6, 6.07) is -0.198. The Balaban J connectivity index is 2.00. The minimum absolute atomic E-state index is 0.0411. The summed E-state index contributed by atoms with van der Waals surface area (Å²) in [7, 11) is 0. The van der Waals surface area contributed by atoms with Gasteiger partial charge in [-0.15, -0.1) is 0 Å². The molecule has 0 radical (unpaired) electrons. The third kappa shape index (κ3) is 3.37. The van der Waals surface area contributed by atoms with Crippen molar-refractivity contribution >= 4 is 12.0 Å². The number of nitrogens with zero attached hydrogens (tertiary/aromatic N) is 2. The van der Waals surface area contributed by atoms with Gasteiger partial charge in [-0.25, -0.2) is 4.79 Å². The van der Waals surface area contributed by atoms with Crippen LogP contribution >= 0.6 is 0 Å². The Kier molecular flexibility index (Phi) is 3.99. The summed E-state index contributed by atoms with van der Waals surface area (Å²) >= 11 is 0. The van der Waals surface area contributed by atoms with Crippen LogP contribution in [0.2, 0.25) is 0 Å². The van der Waals surface area contributed by atoms with Crippen molar-refractivity contribution in [2.75, 3.05) is 26.2 Å². The number of urea groups is 1. The van der Waals surface area contributed by atoms with E-state index in [0.717, 1.165) is 12.8 Å². The zero-order valence-electron chi connectivity index (χ0n) is 11.6. The molecule has 0 aromatic carbocycles. The number of hydrogen-bond acceptors (Lipinski definition) is 3. The minimum Gasteiger partial charge on any atom is -0.481 e. The summed E-state index contributed by atoms with van der Waals surface area (Å²) < 4.78 is 5.59.